The van der Waals surface area contributed by atoms with E-state index in [2.05, 4.69) is 24.3 Å². The monoisotopic (exact) mass is 218 g/mol. The zero-order valence-electron chi connectivity index (χ0n) is 9.69. The van der Waals surface area contributed by atoms with Crippen molar-refractivity contribution in [1.29, 1.82) is 0 Å². The molecular weight excluding hydrogens is 200 g/mol. The third kappa shape index (κ3) is 2.84. The first-order valence-electron chi connectivity index (χ1n) is 5.98. The minimum Gasteiger partial charge on any atom is -0.463 e. The first-order chi connectivity index (χ1) is 7.75. The Morgan fingerprint density at radius 1 is 1.12 bits per heavy atom. The summed E-state index contributed by atoms with van der Waals surface area (Å²) in [6.45, 7) is 1.49. The summed E-state index contributed by atoms with van der Waals surface area (Å²) in [6.07, 6.45) is 4.40. The van der Waals surface area contributed by atoms with Gasteiger partial charge in [0.05, 0.1) is 0 Å². The molecule has 0 aliphatic heterocycles. The van der Waals surface area contributed by atoms with E-state index in [4.69, 9.17) is 4.74 Å². The van der Waals surface area contributed by atoms with Crippen LogP contribution in [0.4, 0.5) is 0 Å². The summed E-state index contributed by atoms with van der Waals surface area (Å²) in [4.78, 5) is 10.8. The van der Waals surface area contributed by atoms with E-state index in [1.807, 2.05) is 6.07 Å². The number of ether oxygens (including phenoxy) is 1. The Bertz CT molecular complexity index is 337. The minimum absolute atomic E-state index is 0.150. The number of hydrogen-bond acceptors (Lipinski definition) is 2. The summed E-state index contributed by atoms with van der Waals surface area (Å²) in [6, 6.07) is 10.6. The van der Waals surface area contributed by atoms with Gasteiger partial charge >= 0.3 is 5.97 Å². The van der Waals surface area contributed by atoms with Gasteiger partial charge in [-0.15, -0.1) is 0 Å². The maximum Gasteiger partial charge on any atom is 0.302 e. The lowest BCUT2D eigenvalue weighted by atomic mass is 9.83. The second-order valence-electron chi connectivity index (χ2n) is 4.49. The molecule has 1 aromatic carbocycles. The Morgan fingerprint density at radius 3 is 2.31 bits per heavy atom. The van der Waals surface area contributed by atoms with Crippen molar-refractivity contribution in [2.75, 3.05) is 0 Å². The van der Waals surface area contributed by atoms with Crippen molar-refractivity contribution in [1.82, 2.24) is 0 Å². The first kappa shape index (κ1) is 11.2. The van der Waals surface area contributed by atoms with Crippen molar-refractivity contribution < 1.29 is 9.53 Å². The number of carbonyl (C=O) groups excluding carboxylic acids is 1. The third-order valence-corrected chi connectivity index (χ3v) is 3.28. The van der Waals surface area contributed by atoms with Crippen LogP contribution in [-0.4, -0.2) is 12.1 Å². The molecule has 0 radical (unpaired) electrons. The van der Waals surface area contributed by atoms with Gasteiger partial charge in [0.1, 0.15) is 6.10 Å². The molecule has 1 aliphatic carbocycles. The van der Waals surface area contributed by atoms with E-state index >= 15 is 0 Å². The fraction of sp³-hybridized carbons (Fsp3) is 0.500. The van der Waals surface area contributed by atoms with Gasteiger partial charge in [0, 0.05) is 6.92 Å². The number of hydrogen-bond donors (Lipinski definition) is 0. The van der Waals surface area contributed by atoms with Crippen LogP contribution in [0.1, 0.15) is 44.1 Å². The lowest BCUT2D eigenvalue weighted by molar-refractivity contribution is -0.147. The van der Waals surface area contributed by atoms with Crippen LogP contribution in [0, 0.1) is 0 Å². The summed E-state index contributed by atoms with van der Waals surface area (Å²) in [5.41, 5.74) is 1.42. The summed E-state index contributed by atoms with van der Waals surface area (Å²) in [7, 11) is 0. The predicted molar refractivity (Wildman–Crippen MR) is 63.2 cm³/mol. The van der Waals surface area contributed by atoms with Crippen LogP contribution in [0.5, 0.6) is 0 Å². The third-order valence-electron chi connectivity index (χ3n) is 3.28. The van der Waals surface area contributed by atoms with Crippen LogP contribution < -0.4 is 0 Å². The highest BCUT2D eigenvalue weighted by molar-refractivity contribution is 5.66. The molecule has 0 bridgehead atoms. The minimum atomic E-state index is -0.150. The van der Waals surface area contributed by atoms with Gasteiger partial charge in [0.2, 0.25) is 0 Å². The molecule has 1 aliphatic rings. The van der Waals surface area contributed by atoms with E-state index in [9.17, 15) is 4.79 Å². The van der Waals surface area contributed by atoms with Gasteiger partial charge in [0.15, 0.2) is 0 Å². The molecule has 0 atom stereocenters. The Kier molecular flexibility index (Phi) is 3.60. The Morgan fingerprint density at radius 2 is 1.75 bits per heavy atom. The van der Waals surface area contributed by atoms with Crippen molar-refractivity contribution in [3.8, 4) is 0 Å². The normalized spacial score (nSPS) is 25.1. The fourth-order valence-electron chi connectivity index (χ4n) is 2.47. The van der Waals surface area contributed by atoms with E-state index in [0.717, 1.165) is 25.7 Å². The molecule has 0 N–H and O–H groups in total. The smallest absolute Gasteiger partial charge is 0.302 e. The fourth-order valence-corrected chi connectivity index (χ4v) is 2.47. The van der Waals surface area contributed by atoms with Crippen LogP contribution in [0.25, 0.3) is 0 Å². The van der Waals surface area contributed by atoms with Gasteiger partial charge in [-0.3, -0.25) is 4.79 Å². The van der Waals surface area contributed by atoms with Crippen LogP contribution >= 0.6 is 0 Å². The van der Waals surface area contributed by atoms with Gasteiger partial charge in [0.25, 0.3) is 0 Å². The molecule has 2 heteroatoms. The molecule has 0 spiro atoms. The molecule has 0 heterocycles. The van der Waals surface area contributed by atoms with Crippen LogP contribution in [0.2, 0.25) is 0 Å². The molecule has 2 nitrogen and oxygen atoms in total. The van der Waals surface area contributed by atoms with Gasteiger partial charge in [-0.05, 0) is 37.2 Å². The molecule has 1 fully saturated rings. The number of carbonyl (C=O) groups is 1. The van der Waals surface area contributed by atoms with E-state index in [-0.39, 0.29) is 12.1 Å². The molecule has 1 saturated carbocycles. The molecule has 0 amide bonds. The van der Waals surface area contributed by atoms with Crippen molar-refractivity contribution in [2.45, 2.75) is 44.6 Å². The molecular formula is C14H18O2. The SMILES string of the molecule is CC(=O)OC1CCC(c2ccccc2)CC1. The summed E-state index contributed by atoms with van der Waals surface area (Å²) in [5, 5.41) is 0. The molecule has 86 valence electrons. The maximum atomic E-state index is 10.8. The van der Waals surface area contributed by atoms with E-state index < -0.39 is 0 Å². The molecule has 0 saturated heterocycles. The van der Waals surface area contributed by atoms with Crippen molar-refractivity contribution in [3.63, 3.8) is 0 Å². The number of benzene rings is 1. The number of rotatable bonds is 2. The quantitative estimate of drug-likeness (QED) is 0.712. The average Bonchev–Trinajstić information content (AvgIpc) is 2.30. The maximum absolute atomic E-state index is 10.8. The predicted octanol–water partition coefficient (Wildman–Crippen LogP) is 3.28. The first-order valence-corrected chi connectivity index (χ1v) is 5.98. The number of esters is 1. The molecule has 0 aromatic heterocycles. The highest BCUT2D eigenvalue weighted by Crippen LogP contribution is 2.33. The van der Waals surface area contributed by atoms with Gasteiger partial charge < -0.3 is 4.74 Å². The summed E-state index contributed by atoms with van der Waals surface area (Å²) in [5.74, 6) is 0.496. The Hall–Kier alpha value is -1.31. The van der Waals surface area contributed by atoms with Crippen molar-refractivity contribution in [2.24, 2.45) is 0 Å². The van der Waals surface area contributed by atoms with Crippen molar-refractivity contribution in [3.05, 3.63) is 35.9 Å². The summed E-state index contributed by atoms with van der Waals surface area (Å²) < 4.78 is 5.24. The van der Waals surface area contributed by atoms with Crippen LogP contribution in [0.3, 0.4) is 0 Å². The largest absolute Gasteiger partial charge is 0.463 e. The van der Waals surface area contributed by atoms with E-state index in [1.165, 1.54) is 12.5 Å². The lowest BCUT2D eigenvalue weighted by Crippen LogP contribution is -2.22. The lowest BCUT2D eigenvalue weighted by Gasteiger charge is -2.28. The van der Waals surface area contributed by atoms with Crippen LogP contribution in [0.15, 0.2) is 30.3 Å². The highest BCUT2D eigenvalue weighted by Gasteiger charge is 2.23. The highest BCUT2D eigenvalue weighted by atomic mass is 16.5. The molecule has 0 unspecified atom stereocenters. The van der Waals surface area contributed by atoms with Gasteiger partial charge in [-0.2, -0.15) is 0 Å². The topological polar surface area (TPSA) is 26.3 Å². The van der Waals surface area contributed by atoms with Gasteiger partial charge in [-0.1, -0.05) is 30.3 Å². The zero-order chi connectivity index (χ0) is 11.4. The van der Waals surface area contributed by atoms with Crippen LogP contribution in [-0.2, 0) is 9.53 Å². The van der Waals surface area contributed by atoms with Crippen molar-refractivity contribution >= 4 is 5.97 Å². The zero-order valence-corrected chi connectivity index (χ0v) is 9.69. The van der Waals surface area contributed by atoms with Gasteiger partial charge in [-0.25, -0.2) is 0 Å². The second-order valence-corrected chi connectivity index (χ2v) is 4.49. The Balaban J connectivity index is 1.88. The van der Waals surface area contributed by atoms with E-state index in [1.54, 1.807) is 0 Å². The molecule has 1 aromatic rings. The molecule has 16 heavy (non-hydrogen) atoms. The second kappa shape index (κ2) is 5.15. The molecule has 2 rings (SSSR count). The standard InChI is InChI=1S/C14H18O2/c1-11(15)16-14-9-7-13(8-10-14)12-5-3-2-4-6-12/h2-6,13-14H,7-10H2,1H3. The summed E-state index contributed by atoms with van der Waals surface area (Å²) >= 11 is 0. The average molecular weight is 218 g/mol. The van der Waals surface area contributed by atoms with E-state index in [0.29, 0.717) is 5.92 Å². The Labute approximate surface area is 96.6 Å².